The normalized spacial score (nSPS) is 18.5. The maximum Gasteiger partial charge on any atom is 0.274 e. The number of piperazine rings is 1. The van der Waals surface area contributed by atoms with Crippen LogP contribution in [-0.4, -0.2) is 57.8 Å². The molecule has 1 aromatic heterocycles. The number of carbonyl (C=O) groups is 2. The predicted octanol–water partition coefficient (Wildman–Crippen LogP) is 2.26. The predicted molar refractivity (Wildman–Crippen MR) is 99.6 cm³/mol. The molecule has 134 valence electrons. The number of halogens is 1. The Morgan fingerprint density at radius 3 is 2.38 bits per heavy atom. The molecule has 1 aromatic carbocycles. The lowest BCUT2D eigenvalue weighted by Gasteiger charge is -2.36. The average molecular weight is 415 g/mol. The first-order valence-electron chi connectivity index (χ1n) is 8.71. The summed E-state index contributed by atoms with van der Waals surface area (Å²) in [7, 11) is 0. The molecule has 0 atom stereocenters. The van der Waals surface area contributed by atoms with Gasteiger partial charge in [-0.25, -0.2) is 4.98 Å². The smallest absolute Gasteiger partial charge is 0.274 e. The van der Waals surface area contributed by atoms with Crippen LogP contribution in [0.5, 0.6) is 0 Å². The van der Waals surface area contributed by atoms with Crippen molar-refractivity contribution in [2.45, 2.75) is 18.3 Å². The molecule has 1 saturated heterocycles. The molecule has 0 N–H and O–H groups in total. The third kappa shape index (κ3) is 3.11. The molecular weight excluding hydrogens is 396 g/mol. The van der Waals surface area contributed by atoms with E-state index in [1.54, 1.807) is 11.1 Å². The minimum atomic E-state index is -0.374. The van der Waals surface area contributed by atoms with Crippen LogP contribution in [0.2, 0.25) is 0 Å². The molecule has 2 heterocycles. The first-order chi connectivity index (χ1) is 12.6. The quantitative estimate of drug-likeness (QED) is 0.772. The summed E-state index contributed by atoms with van der Waals surface area (Å²) in [6.45, 7) is 2.16. The zero-order valence-corrected chi connectivity index (χ0v) is 15.9. The van der Waals surface area contributed by atoms with Crippen LogP contribution in [0.15, 0.2) is 47.3 Å². The largest absolute Gasteiger partial charge is 0.338 e. The first kappa shape index (κ1) is 17.1. The average Bonchev–Trinajstić information content (AvgIpc) is 3.50. The van der Waals surface area contributed by atoms with E-state index in [9.17, 15) is 9.59 Å². The van der Waals surface area contributed by atoms with Crippen molar-refractivity contribution < 1.29 is 9.59 Å². The fourth-order valence-electron chi connectivity index (χ4n) is 3.52. The minimum absolute atomic E-state index is 0.127. The number of hydrogen-bond acceptors (Lipinski definition) is 4. The van der Waals surface area contributed by atoms with Gasteiger partial charge >= 0.3 is 0 Å². The Bertz CT molecular complexity index is 830. The van der Waals surface area contributed by atoms with Gasteiger partial charge in [0.15, 0.2) is 0 Å². The summed E-state index contributed by atoms with van der Waals surface area (Å²) < 4.78 is 0.994. The van der Waals surface area contributed by atoms with Gasteiger partial charge in [-0.2, -0.15) is 0 Å². The van der Waals surface area contributed by atoms with Crippen molar-refractivity contribution in [3.05, 3.63) is 58.6 Å². The summed E-state index contributed by atoms with van der Waals surface area (Å²) >= 11 is 3.49. The van der Waals surface area contributed by atoms with Gasteiger partial charge in [0.25, 0.3) is 5.91 Å². The Morgan fingerprint density at radius 1 is 1.04 bits per heavy atom. The lowest BCUT2D eigenvalue weighted by molar-refractivity contribution is -0.135. The van der Waals surface area contributed by atoms with Gasteiger partial charge in [0.2, 0.25) is 5.91 Å². The second-order valence-corrected chi connectivity index (χ2v) is 7.68. The Kier molecular flexibility index (Phi) is 4.48. The van der Waals surface area contributed by atoms with Gasteiger partial charge in [0.1, 0.15) is 5.69 Å². The molecule has 2 amide bonds. The third-order valence-electron chi connectivity index (χ3n) is 5.17. The molecule has 7 heteroatoms. The summed E-state index contributed by atoms with van der Waals surface area (Å²) in [5.74, 6) is 0.0560. The van der Waals surface area contributed by atoms with Crippen LogP contribution in [0.25, 0.3) is 0 Å². The van der Waals surface area contributed by atoms with Gasteiger partial charge in [0.05, 0.1) is 11.6 Å². The minimum Gasteiger partial charge on any atom is -0.338 e. The maximum absolute atomic E-state index is 13.1. The number of hydrogen-bond donors (Lipinski definition) is 0. The molecule has 0 bridgehead atoms. The van der Waals surface area contributed by atoms with Gasteiger partial charge in [-0.05, 0) is 30.5 Å². The molecule has 4 rings (SSSR count). The molecule has 1 aliphatic heterocycles. The molecule has 26 heavy (non-hydrogen) atoms. The van der Waals surface area contributed by atoms with Crippen LogP contribution < -0.4 is 0 Å². The van der Waals surface area contributed by atoms with Gasteiger partial charge < -0.3 is 9.80 Å². The first-order valence-corrected chi connectivity index (χ1v) is 9.50. The van der Waals surface area contributed by atoms with Crippen LogP contribution in [-0.2, 0) is 10.2 Å². The second kappa shape index (κ2) is 6.79. The van der Waals surface area contributed by atoms with Crippen molar-refractivity contribution in [1.29, 1.82) is 0 Å². The van der Waals surface area contributed by atoms with Gasteiger partial charge in [0, 0.05) is 43.0 Å². The highest BCUT2D eigenvalue weighted by atomic mass is 79.9. The van der Waals surface area contributed by atoms with Gasteiger partial charge in [-0.3, -0.25) is 14.6 Å². The van der Waals surface area contributed by atoms with Crippen molar-refractivity contribution in [3.8, 4) is 0 Å². The Morgan fingerprint density at radius 2 is 1.77 bits per heavy atom. The molecule has 1 aliphatic carbocycles. The SMILES string of the molecule is O=C(c1cnccn1)N1CCN(C(=O)C2(c3cccc(Br)c3)CC2)CC1. The van der Waals surface area contributed by atoms with E-state index in [0.29, 0.717) is 31.9 Å². The standard InChI is InChI=1S/C19H19BrN4O2/c20-15-3-1-2-14(12-15)19(4-5-19)18(26)24-10-8-23(9-11-24)17(25)16-13-21-6-7-22-16/h1-3,6-7,12-13H,4-5,8-11H2. The van der Waals surface area contributed by atoms with Crippen LogP contribution in [0, 0.1) is 0 Å². The number of aromatic nitrogens is 2. The maximum atomic E-state index is 13.1. The Labute approximate surface area is 160 Å². The molecule has 2 aromatic rings. The summed E-state index contributed by atoms with van der Waals surface area (Å²) in [5.41, 5.74) is 1.05. The number of rotatable bonds is 3. The van der Waals surface area contributed by atoms with E-state index in [-0.39, 0.29) is 17.2 Å². The highest BCUT2D eigenvalue weighted by Gasteiger charge is 2.53. The van der Waals surface area contributed by atoms with E-state index >= 15 is 0 Å². The number of amides is 2. The van der Waals surface area contributed by atoms with E-state index in [2.05, 4.69) is 25.9 Å². The van der Waals surface area contributed by atoms with Gasteiger partial charge in [-0.1, -0.05) is 28.1 Å². The van der Waals surface area contributed by atoms with E-state index in [4.69, 9.17) is 0 Å². The van der Waals surface area contributed by atoms with Crippen molar-refractivity contribution in [2.75, 3.05) is 26.2 Å². The van der Waals surface area contributed by atoms with Crippen molar-refractivity contribution in [2.24, 2.45) is 0 Å². The highest BCUT2D eigenvalue weighted by Crippen LogP contribution is 2.50. The fourth-order valence-corrected chi connectivity index (χ4v) is 3.92. The summed E-state index contributed by atoms with van der Waals surface area (Å²) in [5, 5.41) is 0. The van der Waals surface area contributed by atoms with Crippen LogP contribution in [0.4, 0.5) is 0 Å². The van der Waals surface area contributed by atoms with Crippen LogP contribution in [0.3, 0.4) is 0 Å². The van der Waals surface area contributed by atoms with Gasteiger partial charge in [-0.15, -0.1) is 0 Å². The number of benzene rings is 1. The molecule has 1 saturated carbocycles. The second-order valence-electron chi connectivity index (χ2n) is 6.77. The van der Waals surface area contributed by atoms with E-state index in [1.165, 1.54) is 12.4 Å². The van der Waals surface area contributed by atoms with E-state index < -0.39 is 0 Å². The zero-order chi connectivity index (χ0) is 18.1. The van der Waals surface area contributed by atoms with Crippen molar-refractivity contribution >= 4 is 27.7 Å². The monoisotopic (exact) mass is 414 g/mol. The van der Waals surface area contributed by atoms with E-state index in [0.717, 1.165) is 22.9 Å². The lowest BCUT2D eigenvalue weighted by Crippen LogP contribution is -2.53. The van der Waals surface area contributed by atoms with E-state index in [1.807, 2.05) is 29.2 Å². The number of carbonyl (C=O) groups excluding carboxylic acids is 2. The summed E-state index contributed by atoms with van der Waals surface area (Å²) in [6, 6.07) is 8.02. The summed E-state index contributed by atoms with van der Waals surface area (Å²) in [4.78, 5) is 37.2. The zero-order valence-electron chi connectivity index (χ0n) is 14.3. The molecule has 0 spiro atoms. The molecule has 0 unspecified atom stereocenters. The molecular formula is C19H19BrN4O2. The fraction of sp³-hybridized carbons (Fsp3) is 0.368. The highest BCUT2D eigenvalue weighted by molar-refractivity contribution is 9.10. The molecule has 6 nitrogen and oxygen atoms in total. The lowest BCUT2D eigenvalue weighted by atomic mass is 9.94. The van der Waals surface area contributed by atoms with Crippen LogP contribution in [0.1, 0.15) is 28.9 Å². The Balaban J connectivity index is 1.42. The number of nitrogens with zero attached hydrogens (tertiary/aromatic N) is 4. The Hall–Kier alpha value is -2.28. The molecule has 2 aliphatic rings. The van der Waals surface area contributed by atoms with Crippen molar-refractivity contribution in [3.63, 3.8) is 0 Å². The summed E-state index contributed by atoms with van der Waals surface area (Å²) in [6.07, 6.45) is 6.32. The molecule has 0 radical (unpaired) electrons. The third-order valence-corrected chi connectivity index (χ3v) is 5.67. The van der Waals surface area contributed by atoms with Crippen molar-refractivity contribution in [1.82, 2.24) is 19.8 Å². The van der Waals surface area contributed by atoms with Crippen LogP contribution >= 0.6 is 15.9 Å². The molecule has 2 fully saturated rings. The topological polar surface area (TPSA) is 66.4 Å².